The first kappa shape index (κ1) is 26.4. The molecule has 1 heterocycles. The van der Waals surface area contributed by atoms with Crippen LogP contribution in [0.4, 0.5) is 9.18 Å². The number of oxazole rings is 1. The first-order valence-electron chi connectivity index (χ1n) is 12.0. The number of aryl methyl sites for hydroxylation is 1. The van der Waals surface area contributed by atoms with Crippen molar-refractivity contribution in [1.29, 1.82) is 0 Å². The maximum Gasteiger partial charge on any atom is 0.410 e. The molecule has 3 aromatic carbocycles. The fourth-order valence-electron chi connectivity index (χ4n) is 3.75. The number of halogens is 1. The van der Waals surface area contributed by atoms with Crippen LogP contribution in [0.5, 0.6) is 5.75 Å². The number of benzene rings is 3. The summed E-state index contributed by atoms with van der Waals surface area (Å²) < 4.78 is 30.0. The highest BCUT2D eigenvalue weighted by atomic mass is 19.1. The van der Waals surface area contributed by atoms with Crippen molar-refractivity contribution < 1.29 is 33.0 Å². The Labute approximate surface area is 219 Å². The zero-order valence-electron chi connectivity index (χ0n) is 20.8. The molecule has 0 radical (unpaired) electrons. The van der Waals surface area contributed by atoms with Crippen molar-refractivity contribution >= 4 is 12.1 Å². The lowest BCUT2D eigenvalue weighted by Gasteiger charge is -2.20. The van der Waals surface area contributed by atoms with Crippen LogP contribution in [0.15, 0.2) is 83.3 Å². The minimum absolute atomic E-state index is 0.00851. The number of carboxylic acid groups (broad SMARTS) is 1. The number of rotatable bonds is 11. The van der Waals surface area contributed by atoms with E-state index < -0.39 is 24.4 Å². The molecule has 4 aromatic rings. The van der Waals surface area contributed by atoms with E-state index in [-0.39, 0.29) is 13.2 Å². The predicted octanol–water partition coefficient (Wildman–Crippen LogP) is 5.63. The largest absolute Gasteiger partial charge is 0.493 e. The number of carboxylic acids is 1. The Morgan fingerprint density at radius 2 is 1.76 bits per heavy atom. The molecule has 0 aliphatic heterocycles. The summed E-state index contributed by atoms with van der Waals surface area (Å²) in [5.41, 5.74) is 2.96. The van der Waals surface area contributed by atoms with E-state index >= 15 is 0 Å². The zero-order chi connectivity index (χ0) is 26.9. The molecule has 0 fully saturated rings. The van der Waals surface area contributed by atoms with Crippen molar-refractivity contribution in [2.24, 2.45) is 0 Å². The van der Waals surface area contributed by atoms with Gasteiger partial charge in [0.15, 0.2) is 0 Å². The van der Waals surface area contributed by atoms with Gasteiger partial charge in [-0.1, -0.05) is 42.5 Å². The fraction of sp³-hybridized carbons (Fsp3) is 0.207. The van der Waals surface area contributed by atoms with Crippen molar-refractivity contribution in [1.82, 2.24) is 9.88 Å². The summed E-state index contributed by atoms with van der Waals surface area (Å²) in [5, 5.41) is 9.27. The summed E-state index contributed by atoms with van der Waals surface area (Å²) in [4.78, 5) is 29.6. The van der Waals surface area contributed by atoms with Crippen LogP contribution in [-0.2, 0) is 29.1 Å². The molecule has 0 unspecified atom stereocenters. The number of aromatic nitrogens is 1. The Morgan fingerprint density at radius 1 is 1.00 bits per heavy atom. The smallest absolute Gasteiger partial charge is 0.410 e. The number of carbonyl (C=O) groups is 2. The van der Waals surface area contributed by atoms with E-state index in [0.717, 1.165) is 21.9 Å². The van der Waals surface area contributed by atoms with Gasteiger partial charge in [0, 0.05) is 18.5 Å². The average Bonchev–Trinajstić information content (AvgIpc) is 3.28. The lowest BCUT2D eigenvalue weighted by atomic mass is 10.2. The normalized spacial score (nSPS) is 10.7. The molecule has 9 heteroatoms. The second-order valence-electron chi connectivity index (χ2n) is 8.56. The summed E-state index contributed by atoms with van der Waals surface area (Å²) in [5.74, 6) is 0.285. The van der Waals surface area contributed by atoms with E-state index in [1.54, 1.807) is 24.3 Å². The molecule has 0 aliphatic rings. The van der Waals surface area contributed by atoms with Crippen molar-refractivity contribution in [3.05, 3.63) is 107 Å². The highest BCUT2D eigenvalue weighted by molar-refractivity contribution is 5.76. The summed E-state index contributed by atoms with van der Waals surface area (Å²) in [6.07, 6.45) is -0.258. The van der Waals surface area contributed by atoms with Crippen molar-refractivity contribution in [3.8, 4) is 17.2 Å². The van der Waals surface area contributed by atoms with Crippen molar-refractivity contribution in [2.75, 3.05) is 13.2 Å². The number of nitrogens with zero attached hydrogens (tertiary/aromatic N) is 2. The number of ether oxygens (including phenoxy) is 2. The van der Waals surface area contributed by atoms with Crippen LogP contribution in [0.3, 0.4) is 0 Å². The molecule has 0 spiro atoms. The van der Waals surface area contributed by atoms with Gasteiger partial charge in [-0.05, 0) is 54.4 Å². The molecule has 0 bridgehead atoms. The third-order valence-electron chi connectivity index (χ3n) is 5.65. The summed E-state index contributed by atoms with van der Waals surface area (Å²) in [6, 6.07) is 22.2. The van der Waals surface area contributed by atoms with E-state index in [1.165, 1.54) is 24.3 Å². The van der Waals surface area contributed by atoms with E-state index in [4.69, 9.17) is 13.9 Å². The fourth-order valence-corrected chi connectivity index (χ4v) is 3.75. The van der Waals surface area contributed by atoms with Crippen molar-refractivity contribution in [3.63, 3.8) is 0 Å². The molecule has 38 heavy (non-hydrogen) atoms. The molecule has 0 saturated carbocycles. The zero-order valence-corrected chi connectivity index (χ0v) is 20.8. The first-order chi connectivity index (χ1) is 18.4. The summed E-state index contributed by atoms with van der Waals surface area (Å²) in [6.45, 7) is 1.58. The molecule has 0 aliphatic carbocycles. The van der Waals surface area contributed by atoms with Gasteiger partial charge in [-0.2, -0.15) is 0 Å². The van der Waals surface area contributed by atoms with Crippen molar-refractivity contribution in [2.45, 2.75) is 26.5 Å². The third-order valence-corrected chi connectivity index (χ3v) is 5.65. The minimum Gasteiger partial charge on any atom is -0.493 e. The molecule has 0 saturated heterocycles. The van der Waals surface area contributed by atoms with Crippen LogP contribution < -0.4 is 4.74 Å². The lowest BCUT2D eigenvalue weighted by Crippen LogP contribution is -2.35. The van der Waals surface area contributed by atoms with Gasteiger partial charge >= 0.3 is 12.1 Å². The van der Waals surface area contributed by atoms with E-state index in [2.05, 4.69) is 4.98 Å². The van der Waals surface area contributed by atoms with Crippen LogP contribution in [0.25, 0.3) is 11.5 Å². The quantitative estimate of drug-likeness (QED) is 0.274. The average molecular weight is 519 g/mol. The van der Waals surface area contributed by atoms with Crippen LogP contribution in [-0.4, -0.2) is 40.2 Å². The molecule has 196 valence electrons. The van der Waals surface area contributed by atoms with Gasteiger partial charge in [-0.25, -0.2) is 14.2 Å². The van der Waals surface area contributed by atoms with Crippen LogP contribution >= 0.6 is 0 Å². The first-order valence-corrected chi connectivity index (χ1v) is 12.0. The molecule has 0 atom stereocenters. The summed E-state index contributed by atoms with van der Waals surface area (Å²) >= 11 is 0. The number of carbonyl (C=O) groups excluding carboxylic acids is 1. The Morgan fingerprint density at radius 3 is 2.50 bits per heavy atom. The highest BCUT2D eigenvalue weighted by Crippen LogP contribution is 2.22. The Balaban J connectivity index is 1.34. The number of hydrogen-bond acceptors (Lipinski definition) is 6. The van der Waals surface area contributed by atoms with Crippen LogP contribution in [0.1, 0.15) is 22.6 Å². The summed E-state index contributed by atoms with van der Waals surface area (Å²) in [7, 11) is 0. The van der Waals surface area contributed by atoms with E-state index in [1.807, 2.05) is 37.3 Å². The molecule has 8 nitrogen and oxygen atoms in total. The van der Waals surface area contributed by atoms with Gasteiger partial charge in [-0.15, -0.1) is 0 Å². The lowest BCUT2D eigenvalue weighted by molar-refractivity contribution is -0.138. The Bertz CT molecular complexity index is 1370. The van der Waals surface area contributed by atoms with Crippen LogP contribution in [0.2, 0.25) is 0 Å². The molecular weight excluding hydrogens is 491 g/mol. The van der Waals surface area contributed by atoms with Gasteiger partial charge in [-0.3, -0.25) is 9.69 Å². The maximum absolute atomic E-state index is 13.1. The SMILES string of the molecule is Cc1oc(-c2ccccc2)nc1CCOc1cccc(CN(CC(=O)O)C(=O)OCc2ccc(F)cc2)c1. The minimum atomic E-state index is -1.17. The second-order valence-corrected chi connectivity index (χ2v) is 8.56. The van der Waals surface area contributed by atoms with E-state index in [0.29, 0.717) is 35.8 Å². The van der Waals surface area contributed by atoms with E-state index in [9.17, 15) is 19.1 Å². The molecule has 4 rings (SSSR count). The van der Waals surface area contributed by atoms with Gasteiger partial charge in [0.2, 0.25) is 5.89 Å². The Kier molecular flexibility index (Phi) is 8.71. The molecule has 1 amide bonds. The van der Waals surface area contributed by atoms with Gasteiger partial charge < -0.3 is 19.0 Å². The molecular formula is C29H27FN2O6. The van der Waals surface area contributed by atoms with Gasteiger partial charge in [0.05, 0.1) is 12.3 Å². The van der Waals surface area contributed by atoms with Gasteiger partial charge in [0.25, 0.3) is 0 Å². The van der Waals surface area contributed by atoms with Crippen LogP contribution in [0, 0.1) is 12.7 Å². The highest BCUT2D eigenvalue weighted by Gasteiger charge is 2.19. The number of hydrogen-bond donors (Lipinski definition) is 1. The second kappa shape index (κ2) is 12.5. The number of amides is 1. The number of aliphatic carboxylic acids is 1. The Hall–Kier alpha value is -4.66. The topological polar surface area (TPSA) is 102 Å². The van der Waals surface area contributed by atoms with Gasteiger partial charge in [0.1, 0.15) is 30.5 Å². The monoisotopic (exact) mass is 518 g/mol. The predicted molar refractivity (Wildman–Crippen MR) is 137 cm³/mol. The molecule has 1 N–H and O–H groups in total. The maximum atomic E-state index is 13.1. The third kappa shape index (κ3) is 7.42. The standard InChI is InChI=1S/C29H27FN2O6/c1-20-26(31-28(38-20)23-7-3-2-4-8-23)14-15-36-25-9-5-6-22(16-25)17-32(18-27(33)34)29(35)37-19-21-10-12-24(30)13-11-21/h2-13,16H,14-15,17-19H2,1H3,(H,33,34). The molecule has 1 aromatic heterocycles.